The van der Waals surface area contributed by atoms with Crippen molar-refractivity contribution in [2.45, 2.75) is 25.7 Å². The summed E-state index contributed by atoms with van der Waals surface area (Å²) >= 11 is 0. The normalized spacial score (nSPS) is 11.6. The third-order valence-corrected chi connectivity index (χ3v) is 4.57. The lowest BCUT2D eigenvalue weighted by Gasteiger charge is -2.08. The van der Waals surface area contributed by atoms with E-state index in [0.717, 1.165) is 11.3 Å². The molecule has 2 aromatic rings. The first-order valence-electron chi connectivity index (χ1n) is 8.41. The zero-order chi connectivity index (χ0) is 19.9. The lowest BCUT2D eigenvalue weighted by atomic mass is 10.2. The molecule has 1 amide bonds. The van der Waals surface area contributed by atoms with Crippen molar-refractivity contribution in [2.24, 2.45) is 11.0 Å². The van der Waals surface area contributed by atoms with Crippen molar-refractivity contribution >= 4 is 27.8 Å². The lowest BCUT2D eigenvalue weighted by molar-refractivity contribution is -0.114. The van der Waals surface area contributed by atoms with E-state index in [1.165, 1.54) is 37.4 Å². The van der Waals surface area contributed by atoms with Crippen molar-refractivity contribution in [1.82, 2.24) is 4.83 Å². The molecular formula is C19H23N3O4S. The number of hydrazone groups is 1. The molecule has 27 heavy (non-hydrogen) atoms. The molecule has 0 aliphatic carbocycles. The molecule has 0 unspecified atom stereocenters. The van der Waals surface area contributed by atoms with Crippen molar-refractivity contribution in [3.63, 3.8) is 0 Å². The summed E-state index contributed by atoms with van der Waals surface area (Å²) in [6, 6.07) is 13.0. The molecule has 8 heteroatoms. The van der Waals surface area contributed by atoms with Crippen LogP contribution in [0.2, 0.25) is 0 Å². The molecule has 2 N–H and O–H groups in total. The van der Waals surface area contributed by atoms with E-state index in [9.17, 15) is 13.2 Å². The number of benzene rings is 2. The van der Waals surface area contributed by atoms with E-state index >= 15 is 0 Å². The summed E-state index contributed by atoms with van der Waals surface area (Å²) in [7, 11) is -3.79. The van der Waals surface area contributed by atoms with E-state index in [0.29, 0.717) is 18.2 Å². The van der Waals surface area contributed by atoms with Gasteiger partial charge >= 0.3 is 0 Å². The van der Waals surface area contributed by atoms with E-state index in [4.69, 9.17) is 4.74 Å². The molecule has 0 aromatic heterocycles. The highest BCUT2D eigenvalue weighted by Gasteiger charge is 2.12. The molecule has 0 atom stereocenters. The average molecular weight is 389 g/mol. The number of sulfonamides is 1. The first kappa shape index (κ1) is 20.4. The molecule has 0 heterocycles. The van der Waals surface area contributed by atoms with Crippen LogP contribution in [0.4, 0.5) is 5.69 Å². The molecule has 0 radical (unpaired) electrons. The van der Waals surface area contributed by atoms with Crippen LogP contribution in [-0.4, -0.2) is 27.1 Å². The molecule has 0 aliphatic heterocycles. The Kier molecular flexibility index (Phi) is 6.95. The number of ether oxygens (including phenoxy) is 1. The standard InChI is InChI=1S/C19H23N3O4S/c1-14(2)13-26-18-8-4-16(5-9-18)12-20-22-27(24,25)19-10-6-17(7-11-19)21-15(3)23/h4-12,14,22H,13H2,1-3H3,(H,21,23). The maximum absolute atomic E-state index is 12.2. The smallest absolute Gasteiger partial charge is 0.276 e. The number of carbonyl (C=O) groups excluding carboxylic acids is 1. The quantitative estimate of drug-likeness (QED) is 0.536. The number of nitrogens with zero attached hydrogens (tertiary/aromatic N) is 1. The number of nitrogens with one attached hydrogen (secondary N) is 2. The number of hydrogen-bond donors (Lipinski definition) is 2. The zero-order valence-electron chi connectivity index (χ0n) is 15.5. The second-order valence-corrected chi connectivity index (χ2v) is 7.99. The Labute approximate surface area is 159 Å². The molecule has 0 saturated carbocycles. The van der Waals surface area contributed by atoms with Crippen LogP contribution in [0.25, 0.3) is 0 Å². The van der Waals surface area contributed by atoms with Gasteiger partial charge in [0.25, 0.3) is 10.0 Å². The van der Waals surface area contributed by atoms with Gasteiger partial charge in [-0.1, -0.05) is 13.8 Å². The van der Waals surface area contributed by atoms with Gasteiger partial charge in [0.15, 0.2) is 0 Å². The van der Waals surface area contributed by atoms with Crippen LogP contribution in [0.3, 0.4) is 0 Å². The maximum Gasteiger partial charge on any atom is 0.276 e. The Bertz CT molecular complexity index is 890. The molecule has 144 valence electrons. The highest BCUT2D eigenvalue weighted by atomic mass is 32.2. The molecule has 7 nitrogen and oxygen atoms in total. The second kappa shape index (κ2) is 9.18. The number of amides is 1. The molecule has 0 fully saturated rings. The Morgan fingerprint density at radius 2 is 1.74 bits per heavy atom. The second-order valence-electron chi connectivity index (χ2n) is 6.33. The Balaban J connectivity index is 1.96. The molecular weight excluding hydrogens is 366 g/mol. The van der Waals surface area contributed by atoms with Crippen molar-refractivity contribution < 1.29 is 17.9 Å². The van der Waals surface area contributed by atoms with E-state index in [1.807, 2.05) is 0 Å². The minimum atomic E-state index is -3.79. The highest BCUT2D eigenvalue weighted by molar-refractivity contribution is 7.89. The number of anilines is 1. The maximum atomic E-state index is 12.2. The summed E-state index contributed by atoms with van der Waals surface area (Å²) in [4.78, 5) is 13.2. The van der Waals surface area contributed by atoms with Crippen LogP contribution in [-0.2, 0) is 14.8 Å². The van der Waals surface area contributed by atoms with Crippen LogP contribution in [0.15, 0.2) is 58.5 Å². The Hall–Kier alpha value is -2.87. The monoisotopic (exact) mass is 389 g/mol. The van der Waals surface area contributed by atoms with Crippen molar-refractivity contribution in [2.75, 3.05) is 11.9 Å². The van der Waals surface area contributed by atoms with Gasteiger partial charge in [0.1, 0.15) is 5.75 Å². The largest absolute Gasteiger partial charge is 0.493 e. The van der Waals surface area contributed by atoms with Gasteiger partial charge in [-0.15, -0.1) is 0 Å². The first-order chi connectivity index (χ1) is 12.8. The van der Waals surface area contributed by atoms with Crippen molar-refractivity contribution in [3.05, 3.63) is 54.1 Å². The van der Waals surface area contributed by atoms with Gasteiger partial charge in [-0.3, -0.25) is 4.79 Å². The van der Waals surface area contributed by atoms with Crippen molar-refractivity contribution in [1.29, 1.82) is 0 Å². The van der Waals surface area contributed by atoms with E-state index in [2.05, 4.69) is 29.1 Å². The summed E-state index contributed by atoms with van der Waals surface area (Å²) < 4.78 is 30.0. The van der Waals surface area contributed by atoms with Gasteiger partial charge in [-0.2, -0.15) is 13.5 Å². The van der Waals surface area contributed by atoms with Gasteiger partial charge in [0, 0.05) is 12.6 Å². The zero-order valence-corrected chi connectivity index (χ0v) is 16.3. The Morgan fingerprint density at radius 1 is 1.11 bits per heavy atom. The van der Waals surface area contributed by atoms with E-state index in [1.54, 1.807) is 24.3 Å². The van der Waals surface area contributed by atoms with Gasteiger partial charge in [-0.25, -0.2) is 4.83 Å². The minimum Gasteiger partial charge on any atom is -0.493 e. The molecule has 0 saturated heterocycles. The first-order valence-corrected chi connectivity index (χ1v) is 9.90. The minimum absolute atomic E-state index is 0.0474. The fourth-order valence-corrected chi connectivity index (χ4v) is 2.85. The van der Waals surface area contributed by atoms with E-state index < -0.39 is 10.0 Å². The predicted octanol–water partition coefficient (Wildman–Crippen LogP) is 2.99. The average Bonchev–Trinajstić information content (AvgIpc) is 2.61. The van der Waals surface area contributed by atoms with Crippen LogP contribution in [0.1, 0.15) is 26.3 Å². The summed E-state index contributed by atoms with van der Waals surface area (Å²) in [6.07, 6.45) is 1.41. The topological polar surface area (TPSA) is 96.9 Å². The van der Waals surface area contributed by atoms with Gasteiger partial charge in [0.2, 0.25) is 5.91 Å². The SMILES string of the molecule is CC(=O)Nc1ccc(S(=O)(=O)NN=Cc2ccc(OCC(C)C)cc2)cc1. The summed E-state index contributed by atoms with van der Waals surface area (Å²) in [6.45, 7) is 6.15. The fraction of sp³-hybridized carbons (Fsp3) is 0.263. The number of carbonyl (C=O) groups is 1. The Morgan fingerprint density at radius 3 is 2.30 bits per heavy atom. The molecule has 2 rings (SSSR count). The predicted molar refractivity (Wildman–Crippen MR) is 105 cm³/mol. The summed E-state index contributed by atoms with van der Waals surface area (Å²) in [5.41, 5.74) is 1.25. The van der Waals surface area contributed by atoms with Crippen LogP contribution in [0.5, 0.6) is 5.75 Å². The lowest BCUT2D eigenvalue weighted by Crippen LogP contribution is -2.18. The third-order valence-electron chi connectivity index (χ3n) is 3.33. The van der Waals surface area contributed by atoms with Crippen molar-refractivity contribution in [3.8, 4) is 5.75 Å². The fourth-order valence-electron chi connectivity index (χ4n) is 2.06. The van der Waals surface area contributed by atoms with Crippen LogP contribution >= 0.6 is 0 Å². The van der Waals surface area contributed by atoms with Gasteiger partial charge in [-0.05, 0) is 60.0 Å². The number of rotatable bonds is 8. The highest BCUT2D eigenvalue weighted by Crippen LogP contribution is 2.14. The molecule has 2 aromatic carbocycles. The molecule has 0 aliphatic rings. The summed E-state index contributed by atoms with van der Waals surface area (Å²) in [5.74, 6) is 0.961. The van der Waals surface area contributed by atoms with Crippen LogP contribution in [0, 0.1) is 5.92 Å². The summed E-state index contributed by atoms with van der Waals surface area (Å²) in [5, 5.41) is 6.36. The number of hydrogen-bond acceptors (Lipinski definition) is 5. The molecule has 0 bridgehead atoms. The molecule has 0 spiro atoms. The van der Waals surface area contributed by atoms with Crippen LogP contribution < -0.4 is 14.9 Å². The van der Waals surface area contributed by atoms with E-state index in [-0.39, 0.29) is 10.8 Å². The van der Waals surface area contributed by atoms with Gasteiger partial charge < -0.3 is 10.1 Å². The van der Waals surface area contributed by atoms with Gasteiger partial charge in [0.05, 0.1) is 17.7 Å². The third kappa shape index (κ3) is 6.74.